The van der Waals surface area contributed by atoms with Gasteiger partial charge in [0.2, 0.25) is 15.9 Å². The van der Waals surface area contributed by atoms with E-state index < -0.39 is 10.0 Å². The van der Waals surface area contributed by atoms with Crippen LogP contribution in [0.2, 0.25) is 0 Å². The first-order chi connectivity index (χ1) is 13.4. The van der Waals surface area contributed by atoms with Crippen molar-refractivity contribution in [3.8, 4) is 0 Å². The van der Waals surface area contributed by atoms with E-state index in [0.717, 1.165) is 44.3 Å². The Balaban J connectivity index is 1.58. The molecule has 0 bridgehead atoms. The lowest BCUT2D eigenvalue weighted by Crippen LogP contribution is -2.58. The summed E-state index contributed by atoms with van der Waals surface area (Å²) in [6.45, 7) is 8.15. The lowest BCUT2D eigenvalue weighted by molar-refractivity contribution is -0.118. The number of anilines is 1. The van der Waals surface area contributed by atoms with Gasteiger partial charge in [-0.2, -0.15) is 4.31 Å². The molecule has 1 N–H and O–H groups in total. The molecule has 2 heterocycles. The number of piperidine rings is 2. The minimum Gasteiger partial charge on any atom is -0.325 e. The van der Waals surface area contributed by atoms with Crippen molar-refractivity contribution < 1.29 is 17.6 Å². The Bertz CT molecular complexity index is 877. The lowest BCUT2D eigenvalue weighted by Gasteiger charge is -2.52. The van der Waals surface area contributed by atoms with Gasteiger partial charge in [-0.05, 0) is 82.7 Å². The summed E-state index contributed by atoms with van der Waals surface area (Å²) < 4.78 is 39.7. The van der Waals surface area contributed by atoms with Gasteiger partial charge in [0, 0.05) is 17.8 Å². The van der Waals surface area contributed by atoms with Crippen molar-refractivity contribution in [2.45, 2.75) is 52.0 Å². The van der Waals surface area contributed by atoms with Gasteiger partial charge in [0.25, 0.3) is 0 Å². The molecule has 162 valence electrons. The van der Waals surface area contributed by atoms with Crippen LogP contribution in [0.1, 0.15) is 45.1 Å². The second-order valence-corrected chi connectivity index (χ2v) is 11.3. The molecule has 0 saturated carbocycles. The van der Waals surface area contributed by atoms with E-state index in [1.807, 2.05) is 20.8 Å². The molecule has 0 radical (unpaired) electrons. The summed E-state index contributed by atoms with van der Waals surface area (Å²) in [7, 11) is -3.26. The average Bonchev–Trinajstić information content (AvgIpc) is 2.61. The van der Waals surface area contributed by atoms with E-state index in [4.69, 9.17) is 0 Å². The Labute approximate surface area is 173 Å². The normalized spacial score (nSPS) is 22.5. The van der Waals surface area contributed by atoms with Crippen molar-refractivity contribution >= 4 is 21.6 Å². The van der Waals surface area contributed by atoms with Gasteiger partial charge in [0.05, 0.1) is 12.8 Å². The zero-order chi connectivity index (χ0) is 21.4. The predicted molar refractivity (Wildman–Crippen MR) is 113 cm³/mol. The van der Waals surface area contributed by atoms with Crippen LogP contribution >= 0.6 is 0 Å². The zero-order valence-corrected chi connectivity index (χ0v) is 18.6. The molecule has 2 saturated heterocycles. The summed E-state index contributed by atoms with van der Waals surface area (Å²) >= 11 is 0. The van der Waals surface area contributed by atoms with Gasteiger partial charge in [0.1, 0.15) is 5.82 Å². The van der Waals surface area contributed by atoms with Crippen molar-refractivity contribution in [2.24, 2.45) is 5.41 Å². The third-order valence-electron chi connectivity index (χ3n) is 6.58. The molecule has 0 aromatic heterocycles. The van der Waals surface area contributed by atoms with E-state index in [1.165, 1.54) is 18.4 Å². The van der Waals surface area contributed by atoms with E-state index in [-0.39, 0.29) is 29.2 Å². The van der Waals surface area contributed by atoms with E-state index >= 15 is 0 Å². The molecule has 8 heteroatoms. The Morgan fingerprint density at radius 2 is 1.83 bits per heavy atom. The maximum absolute atomic E-state index is 13.4. The molecule has 1 aromatic rings. The monoisotopic (exact) mass is 425 g/mol. The highest BCUT2D eigenvalue weighted by Gasteiger charge is 2.47. The molecular weight excluding hydrogens is 393 g/mol. The third kappa shape index (κ3) is 5.16. The van der Waals surface area contributed by atoms with Crippen LogP contribution in [0.3, 0.4) is 0 Å². The van der Waals surface area contributed by atoms with Crippen LogP contribution in [0.4, 0.5) is 10.1 Å². The van der Waals surface area contributed by atoms with E-state index in [9.17, 15) is 17.6 Å². The molecule has 2 aliphatic rings. The number of halogens is 1. The van der Waals surface area contributed by atoms with Gasteiger partial charge in [0.15, 0.2) is 0 Å². The van der Waals surface area contributed by atoms with Crippen LogP contribution in [0.15, 0.2) is 18.2 Å². The Morgan fingerprint density at radius 1 is 1.17 bits per heavy atom. The Hall–Kier alpha value is -1.51. The average molecular weight is 426 g/mol. The van der Waals surface area contributed by atoms with Crippen LogP contribution in [0.25, 0.3) is 0 Å². The molecule has 6 nitrogen and oxygen atoms in total. The fourth-order valence-corrected chi connectivity index (χ4v) is 6.07. The van der Waals surface area contributed by atoms with E-state index in [2.05, 4.69) is 10.2 Å². The number of hydrogen-bond donors (Lipinski definition) is 1. The molecule has 2 fully saturated rings. The van der Waals surface area contributed by atoms with Gasteiger partial charge in [-0.25, -0.2) is 12.8 Å². The second kappa shape index (κ2) is 7.96. The van der Waals surface area contributed by atoms with Crippen molar-refractivity contribution in [1.82, 2.24) is 9.21 Å². The highest BCUT2D eigenvalue weighted by atomic mass is 32.2. The van der Waals surface area contributed by atoms with Gasteiger partial charge in [-0.15, -0.1) is 0 Å². The summed E-state index contributed by atoms with van der Waals surface area (Å²) in [6, 6.07) is 4.36. The van der Waals surface area contributed by atoms with Gasteiger partial charge in [-0.1, -0.05) is 6.07 Å². The fourth-order valence-electron chi connectivity index (χ4n) is 4.57. The van der Waals surface area contributed by atoms with E-state index in [0.29, 0.717) is 12.2 Å². The van der Waals surface area contributed by atoms with Crippen molar-refractivity contribution in [3.05, 3.63) is 29.6 Å². The number of nitrogens with one attached hydrogen (secondary N) is 1. The molecule has 1 aromatic carbocycles. The predicted octanol–water partition coefficient (Wildman–Crippen LogP) is 2.99. The minimum absolute atomic E-state index is 0.00920. The van der Waals surface area contributed by atoms with Crippen molar-refractivity contribution in [3.63, 3.8) is 0 Å². The minimum atomic E-state index is -3.26. The van der Waals surface area contributed by atoms with Crippen LogP contribution in [-0.2, 0) is 14.8 Å². The number of amides is 1. The molecule has 2 aliphatic heterocycles. The number of benzene rings is 1. The number of carbonyl (C=O) groups is 1. The maximum atomic E-state index is 13.4. The zero-order valence-electron chi connectivity index (χ0n) is 17.8. The largest absolute Gasteiger partial charge is 0.325 e. The summed E-state index contributed by atoms with van der Waals surface area (Å²) in [5, 5.41) is 2.80. The quantitative estimate of drug-likeness (QED) is 0.805. The first-order valence-corrected chi connectivity index (χ1v) is 12.0. The number of sulfonamides is 1. The Kier molecular flexibility index (Phi) is 6.09. The van der Waals surface area contributed by atoms with E-state index in [1.54, 1.807) is 10.4 Å². The topological polar surface area (TPSA) is 69.7 Å². The van der Waals surface area contributed by atoms with Gasteiger partial charge >= 0.3 is 0 Å². The molecule has 0 unspecified atom stereocenters. The molecular formula is C21H32FN3O3S. The molecule has 29 heavy (non-hydrogen) atoms. The third-order valence-corrected chi connectivity index (χ3v) is 8.00. The molecule has 1 spiro atoms. The maximum Gasteiger partial charge on any atom is 0.238 e. The van der Waals surface area contributed by atoms with Crippen LogP contribution in [-0.4, -0.2) is 61.5 Å². The summed E-state index contributed by atoms with van der Waals surface area (Å²) in [4.78, 5) is 14.5. The number of carbonyl (C=O) groups excluding carboxylic acids is 1. The summed E-state index contributed by atoms with van der Waals surface area (Å²) in [6.07, 6.45) is 4.90. The number of likely N-dealkylation sites (tertiary alicyclic amines) is 1. The molecule has 0 aliphatic carbocycles. The van der Waals surface area contributed by atoms with Crippen LogP contribution in [0.5, 0.6) is 0 Å². The molecule has 3 rings (SSSR count). The highest BCUT2D eigenvalue weighted by Crippen LogP contribution is 2.45. The molecule has 1 amide bonds. The molecule has 0 atom stereocenters. The number of rotatable bonds is 4. The van der Waals surface area contributed by atoms with Crippen molar-refractivity contribution in [1.29, 1.82) is 0 Å². The lowest BCUT2D eigenvalue weighted by atomic mass is 9.69. The van der Waals surface area contributed by atoms with Crippen LogP contribution < -0.4 is 5.32 Å². The van der Waals surface area contributed by atoms with Crippen LogP contribution in [0, 0.1) is 18.2 Å². The summed E-state index contributed by atoms with van der Waals surface area (Å²) in [5.74, 6) is -0.529. The number of hydrogen-bond acceptors (Lipinski definition) is 4. The highest BCUT2D eigenvalue weighted by molar-refractivity contribution is 7.88. The number of aryl methyl sites for hydroxylation is 1. The first-order valence-electron chi connectivity index (χ1n) is 10.2. The first kappa shape index (κ1) is 22.2. The SMILES string of the molecule is Cc1ccc(F)cc1NC(=O)CN1CCC2(CC1)CCC(C)(C)N(S(C)(=O)=O)C2. The standard InChI is InChI=1S/C21H32FN3O3S/c1-16-5-6-17(22)13-18(16)23-19(26)14-24-11-9-21(10-12-24)8-7-20(2,3)25(15-21)29(4,27)28/h5-6,13H,7-12,14-15H2,1-4H3,(H,23,26). The number of nitrogens with zero attached hydrogens (tertiary/aromatic N) is 2. The fraction of sp³-hybridized carbons (Fsp3) is 0.667. The second-order valence-electron chi connectivity index (χ2n) is 9.37. The summed E-state index contributed by atoms with van der Waals surface area (Å²) in [5.41, 5.74) is 0.966. The Morgan fingerprint density at radius 3 is 2.45 bits per heavy atom. The van der Waals surface area contributed by atoms with Gasteiger partial charge < -0.3 is 5.32 Å². The van der Waals surface area contributed by atoms with Gasteiger partial charge in [-0.3, -0.25) is 9.69 Å². The van der Waals surface area contributed by atoms with Crippen molar-refractivity contribution in [2.75, 3.05) is 37.8 Å². The smallest absolute Gasteiger partial charge is 0.238 e.